The van der Waals surface area contributed by atoms with Crippen LogP contribution in [-0.2, 0) is 4.79 Å². The smallest absolute Gasteiger partial charge is 0.239 e. The normalized spacial score (nSPS) is 11.5. The fraction of sp³-hybridized carbons (Fsp3) is 0.571. The van der Waals surface area contributed by atoms with Crippen LogP contribution in [0.1, 0.15) is 20.3 Å². The molecule has 136 valence electrons. The van der Waals surface area contributed by atoms with Crippen molar-refractivity contribution in [1.82, 2.24) is 25.3 Å². The lowest BCUT2D eigenvalue weighted by Crippen LogP contribution is -2.45. The van der Waals surface area contributed by atoms with E-state index in [-0.39, 0.29) is 43.3 Å². The van der Waals surface area contributed by atoms with Crippen molar-refractivity contribution in [3.05, 3.63) is 12.7 Å². The number of hydrogen-bond donors (Lipinski definition) is 3. The summed E-state index contributed by atoms with van der Waals surface area (Å²) in [7, 11) is 1.81. The van der Waals surface area contributed by atoms with Crippen molar-refractivity contribution in [2.24, 2.45) is 11.7 Å². The largest absolute Gasteiger partial charge is 0.351 e. The first kappa shape index (κ1) is 22.4. The molecule has 2 heterocycles. The van der Waals surface area contributed by atoms with Gasteiger partial charge in [-0.15, -0.1) is 24.8 Å². The van der Waals surface area contributed by atoms with Crippen LogP contribution in [0.2, 0.25) is 0 Å². The first-order valence-corrected chi connectivity index (χ1v) is 7.36. The maximum Gasteiger partial charge on any atom is 0.239 e. The third kappa shape index (κ3) is 5.77. The number of aromatic amines is 1. The number of amides is 1. The summed E-state index contributed by atoms with van der Waals surface area (Å²) in [6.45, 7) is 4.85. The average molecular weight is 378 g/mol. The minimum atomic E-state index is -0.0788. The second kappa shape index (κ2) is 10.3. The van der Waals surface area contributed by atoms with Crippen LogP contribution in [0.5, 0.6) is 0 Å². The van der Waals surface area contributed by atoms with Crippen LogP contribution >= 0.6 is 24.8 Å². The van der Waals surface area contributed by atoms with Crippen molar-refractivity contribution in [3.8, 4) is 0 Å². The molecule has 2 rings (SSSR count). The van der Waals surface area contributed by atoms with Gasteiger partial charge in [-0.05, 0) is 12.3 Å². The van der Waals surface area contributed by atoms with E-state index >= 15 is 0 Å². The number of nitrogens with one attached hydrogen (secondary N) is 2. The summed E-state index contributed by atoms with van der Waals surface area (Å²) >= 11 is 0. The summed E-state index contributed by atoms with van der Waals surface area (Å²) in [6, 6.07) is -0.00141. The molecule has 4 N–H and O–H groups in total. The first-order chi connectivity index (χ1) is 10.5. The topological polar surface area (TPSA) is 113 Å². The summed E-state index contributed by atoms with van der Waals surface area (Å²) in [4.78, 5) is 29.3. The monoisotopic (exact) mass is 377 g/mol. The van der Waals surface area contributed by atoms with Crippen molar-refractivity contribution in [1.29, 1.82) is 0 Å². The zero-order valence-electron chi connectivity index (χ0n) is 14.0. The number of anilines is 1. The van der Waals surface area contributed by atoms with E-state index in [0.29, 0.717) is 23.9 Å². The van der Waals surface area contributed by atoms with Crippen LogP contribution in [0.25, 0.3) is 11.2 Å². The maximum atomic E-state index is 12.2. The van der Waals surface area contributed by atoms with Gasteiger partial charge in [0.2, 0.25) is 5.91 Å². The van der Waals surface area contributed by atoms with Crippen molar-refractivity contribution in [3.63, 3.8) is 0 Å². The third-order valence-electron chi connectivity index (χ3n) is 3.35. The Balaban J connectivity index is 0.00000264. The predicted molar refractivity (Wildman–Crippen MR) is 99.9 cm³/mol. The van der Waals surface area contributed by atoms with E-state index in [2.05, 4.69) is 39.1 Å². The Morgan fingerprint density at radius 3 is 2.67 bits per heavy atom. The van der Waals surface area contributed by atoms with Crippen LogP contribution in [-0.4, -0.2) is 52.0 Å². The van der Waals surface area contributed by atoms with Crippen LogP contribution in [0.3, 0.4) is 0 Å². The number of halogens is 2. The molecule has 0 saturated carbocycles. The molecule has 2 aromatic heterocycles. The Kier molecular flexibility index (Phi) is 9.57. The zero-order valence-corrected chi connectivity index (χ0v) is 15.7. The number of carbonyl (C=O) groups excluding carboxylic acids is 1. The van der Waals surface area contributed by atoms with Crippen molar-refractivity contribution in [2.75, 3.05) is 25.0 Å². The highest BCUT2D eigenvalue weighted by Crippen LogP contribution is 2.17. The van der Waals surface area contributed by atoms with E-state index in [4.69, 9.17) is 5.73 Å². The number of hydrogen-bond acceptors (Lipinski definition) is 6. The Bertz CT molecular complexity index is 634. The number of imidazole rings is 1. The summed E-state index contributed by atoms with van der Waals surface area (Å²) in [5, 5.41) is 2.97. The first-order valence-electron chi connectivity index (χ1n) is 7.36. The molecule has 8 nitrogen and oxygen atoms in total. The summed E-state index contributed by atoms with van der Waals surface area (Å²) in [5.74, 6) is 1.05. The Morgan fingerprint density at radius 2 is 2.04 bits per heavy atom. The van der Waals surface area contributed by atoms with Gasteiger partial charge in [-0.25, -0.2) is 15.0 Å². The van der Waals surface area contributed by atoms with Gasteiger partial charge in [-0.2, -0.15) is 0 Å². The van der Waals surface area contributed by atoms with Gasteiger partial charge in [-0.1, -0.05) is 13.8 Å². The van der Waals surface area contributed by atoms with Crippen molar-refractivity contribution < 1.29 is 4.79 Å². The molecule has 1 amide bonds. The van der Waals surface area contributed by atoms with E-state index in [0.717, 1.165) is 11.9 Å². The van der Waals surface area contributed by atoms with E-state index in [1.165, 1.54) is 6.33 Å². The second-order valence-electron chi connectivity index (χ2n) is 5.78. The molecule has 1 unspecified atom stereocenters. The molecule has 24 heavy (non-hydrogen) atoms. The number of nitrogens with zero attached hydrogens (tertiary/aromatic N) is 4. The van der Waals surface area contributed by atoms with Gasteiger partial charge >= 0.3 is 0 Å². The van der Waals surface area contributed by atoms with Gasteiger partial charge in [0.1, 0.15) is 11.8 Å². The van der Waals surface area contributed by atoms with E-state index in [9.17, 15) is 4.79 Å². The molecule has 0 bridgehead atoms. The highest BCUT2D eigenvalue weighted by atomic mass is 35.5. The van der Waals surface area contributed by atoms with Gasteiger partial charge in [0.25, 0.3) is 0 Å². The van der Waals surface area contributed by atoms with Crippen molar-refractivity contribution in [2.45, 2.75) is 26.3 Å². The molecule has 0 aliphatic rings. The second-order valence-corrected chi connectivity index (χ2v) is 5.78. The molecule has 0 spiro atoms. The van der Waals surface area contributed by atoms with Crippen LogP contribution < -0.4 is 16.0 Å². The molecule has 1 atom stereocenters. The molecular formula is C14H25Cl2N7O. The molecule has 2 aromatic rings. The molecular weight excluding hydrogens is 353 g/mol. The summed E-state index contributed by atoms with van der Waals surface area (Å²) < 4.78 is 0. The van der Waals surface area contributed by atoms with E-state index < -0.39 is 0 Å². The Hall–Kier alpha value is -1.64. The lowest BCUT2D eigenvalue weighted by Gasteiger charge is -2.22. The molecule has 0 aromatic carbocycles. The predicted octanol–water partition coefficient (Wildman–Crippen LogP) is 1.12. The van der Waals surface area contributed by atoms with Gasteiger partial charge < -0.3 is 20.9 Å². The standard InChI is InChI=1S/C14H23N7O.2ClH/c1-9(2)4-10(5-15)20-11(22)6-21(3)14-12-13(17-7-16-12)18-8-19-14;;/h7-10H,4-6,15H2,1-3H3,(H,20,22)(H,16,17,18,19);2*1H. The van der Waals surface area contributed by atoms with Crippen LogP contribution in [0, 0.1) is 5.92 Å². The number of likely N-dealkylation sites (N-methyl/N-ethyl adjacent to an activating group) is 1. The molecule has 10 heteroatoms. The minimum Gasteiger partial charge on any atom is -0.351 e. The number of nitrogens with two attached hydrogens (primary N) is 1. The fourth-order valence-electron chi connectivity index (χ4n) is 2.39. The van der Waals surface area contributed by atoms with Gasteiger partial charge in [0, 0.05) is 19.6 Å². The van der Waals surface area contributed by atoms with Gasteiger partial charge in [0.15, 0.2) is 11.5 Å². The highest BCUT2D eigenvalue weighted by Gasteiger charge is 2.16. The van der Waals surface area contributed by atoms with Crippen molar-refractivity contribution >= 4 is 47.7 Å². The SMILES string of the molecule is CC(C)CC(CN)NC(=O)CN(C)c1ncnc2nc[nH]c12.Cl.Cl. The number of aromatic nitrogens is 4. The average Bonchev–Trinajstić information content (AvgIpc) is 2.93. The molecule has 0 aliphatic carbocycles. The maximum absolute atomic E-state index is 12.2. The third-order valence-corrected chi connectivity index (χ3v) is 3.35. The molecule has 0 saturated heterocycles. The highest BCUT2D eigenvalue weighted by molar-refractivity contribution is 5.87. The molecule has 0 aliphatic heterocycles. The van der Waals surface area contributed by atoms with E-state index in [1.807, 2.05) is 7.05 Å². The Morgan fingerprint density at radius 1 is 1.33 bits per heavy atom. The number of fused-ring (bicyclic) bond motifs is 1. The number of rotatable bonds is 7. The zero-order chi connectivity index (χ0) is 16.1. The quantitative estimate of drug-likeness (QED) is 0.666. The number of carbonyl (C=O) groups is 1. The molecule has 0 fully saturated rings. The summed E-state index contributed by atoms with van der Waals surface area (Å²) in [6.07, 6.45) is 3.86. The Labute approximate surface area is 153 Å². The molecule has 0 radical (unpaired) electrons. The van der Waals surface area contributed by atoms with Gasteiger partial charge in [0.05, 0.1) is 12.9 Å². The number of H-pyrrole nitrogens is 1. The lowest BCUT2D eigenvalue weighted by molar-refractivity contribution is -0.120. The summed E-state index contributed by atoms with van der Waals surface area (Å²) in [5.41, 5.74) is 7.01. The van der Waals surface area contributed by atoms with E-state index in [1.54, 1.807) is 11.2 Å². The minimum absolute atomic E-state index is 0. The van der Waals surface area contributed by atoms with Gasteiger partial charge in [-0.3, -0.25) is 4.79 Å². The lowest BCUT2D eigenvalue weighted by atomic mass is 10.0. The van der Waals surface area contributed by atoms with Crippen LogP contribution in [0.15, 0.2) is 12.7 Å². The van der Waals surface area contributed by atoms with Crippen LogP contribution in [0.4, 0.5) is 5.82 Å². The fourth-order valence-corrected chi connectivity index (χ4v) is 2.39.